The zero-order valence-electron chi connectivity index (χ0n) is 18.1. The number of piperidine rings is 1. The summed E-state index contributed by atoms with van der Waals surface area (Å²) in [4.78, 5) is 30.1. The molecule has 0 aromatic heterocycles. The van der Waals surface area contributed by atoms with E-state index in [1.54, 1.807) is 4.90 Å². The summed E-state index contributed by atoms with van der Waals surface area (Å²) >= 11 is 0. The molecule has 5 nitrogen and oxygen atoms in total. The van der Waals surface area contributed by atoms with Crippen LogP contribution in [-0.2, 0) is 16.8 Å². The highest BCUT2D eigenvalue weighted by Crippen LogP contribution is 2.47. The Kier molecular flexibility index (Phi) is 5.65. The Morgan fingerprint density at radius 3 is 2.47 bits per heavy atom. The maximum Gasteiger partial charge on any atom is 0.251 e. The number of anilines is 1. The van der Waals surface area contributed by atoms with E-state index in [0.29, 0.717) is 18.0 Å². The highest BCUT2D eigenvalue weighted by atomic mass is 16.2. The molecule has 2 aromatic carbocycles. The summed E-state index contributed by atoms with van der Waals surface area (Å²) in [6.07, 6.45) is 1.57. The summed E-state index contributed by atoms with van der Waals surface area (Å²) in [6, 6.07) is 16.2. The molecular weight excluding hydrogens is 374 g/mol. The molecule has 0 unspecified atom stereocenters. The molecule has 1 fully saturated rings. The lowest BCUT2D eigenvalue weighted by Gasteiger charge is -2.38. The zero-order chi connectivity index (χ0) is 21.3. The summed E-state index contributed by atoms with van der Waals surface area (Å²) < 4.78 is 0. The monoisotopic (exact) mass is 405 g/mol. The van der Waals surface area contributed by atoms with Gasteiger partial charge in [0, 0.05) is 31.4 Å². The van der Waals surface area contributed by atoms with E-state index in [1.165, 1.54) is 5.56 Å². The van der Waals surface area contributed by atoms with Crippen molar-refractivity contribution in [1.82, 2.24) is 10.2 Å². The van der Waals surface area contributed by atoms with Crippen molar-refractivity contribution in [2.45, 2.75) is 38.6 Å². The van der Waals surface area contributed by atoms with Crippen LogP contribution in [0, 0.1) is 5.92 Å². The number of carbonyl (C=O) groups is 2. The molecule has 5 heteroatoms. The molecule has 0 aliphatic carbocycles. The molecule has 158 valence electrons. The summed E-state index contributed by atoms with van der Waals surface area (Å²) in [7, 11) is 1.85. The van der Waals surface area contributed by atoms with E-state index < -0.39 is 5.41 Å². The van der Waals surface area contributed by atoms with Crippen molar-refractivity contribution in [2.75, 3.05) is 31.6 Å². The van der Waals surface area contributed by atoms with Gasteiger partial charge in [-0.05, 0) is 61.2 Å². The molecule has 4 rings (SSSR count). The Morgan fingerprint density at radius 2 is 1.80 bits per heavy atom. The van der Waals surface area contributed by atoms with Crippen molar-refractivity contribution >= 4 is 17.5 Å². The number of nitrogens with zero attached hydrogens (tertiary/aromatic N) is 2. The molecule has 2 heterocycles. The molecular formula is C25H31N3O2. The lowest BCUT2D eigenvalue weighted by molar-refractivity contribution is -0.124. The smallest absolute Gasteiger partial charge is 0.251 e. The van der Waals surface area contributed by atoms with Gasteiger partial charge >= 0.3 is 0 Å². The van der Waals surface area contributed by atoms with E-state index in [0.717, 1.165) is 43.7 Å². The van der Waals surface area contributed by atoms with Crippen LogP contribution in [0.4, 0.5) is 5.69 Å². The number of rotatable bonds is 5. The second-order valence-corrected chi connectivity index (χ2v) is 9.04. The average Bonchev–Trinajstić information content (AvgIpc) is 2.96. The first kappa shape index (κ1) is 20.6. The standard InChI is InChI=1S/C25H31N3O2/c1-18(2)16-26-23(29)20-9-10-22-21(15-20)25(24(30)27(22)3)11-13-28(14-12-25)17-19-7-5-4-6-8-19/h4-10,15,18H,11-14,16-17H2,1-3H3,(H,26,29). The summed E-state index contributed by atoms with van der Waals surface area (Å²) in [5, 5.41) is 2.99. The molecule has 0 atom stereocenters. The number of amides is 2. The fourth-order valence-corrected chi connectivity index (χ4v) is 4.72. The summed E-state index contributed by atoms with van der Waals surface area (Å²) in [5.41, 5.74) is 3.39. The van der Waals surface area contributed by atoms with Crippen molar-refractivity contribution in [2.24, 2.45) is 5.92 Å². The van der Waals surface area contributed by atoms with Gasteiger partial charge in [0.25, 0.3) is 5.91 Å². The summed E-state index contributed by atoms with van der Waals surface area (Å²) in [6.45, 7) is 7.46. The molecule has 1 saturated heterocycles. The lowest BCUT2D eigenvalue weighted by Crippen LogP contribution is -2.47. The van der Waals surface area contributed by atoms with Gasteiger partial charge in [0.15, 0.2) is 0 Å². The van der Waals surface area contributed by atoms with E-state index in [2.05, 4.69) is 48.3 Å². The molecule has 0 saturated carbocycles. The van der Waals surface area contributed by atoms with Gasteiger partial charge in [-0.1, -0.05) is 44.2 Å². The minimum absolute atomic E-state index is 0.0647. The van der Waals surface area contributed by atoms with Crippen molar-refractivity contribution in [3.8, 4) is 0 Å². The highest BCUT2D eigenvalue weighted by molar-refractivity contribution is 6.09. The van der Waals surface area contributed by atoms with Crippen LogP contribution in [0.25, 0.3) is 0 Å². The van der Waals surface area contributed by atoms with Gasteiger partial charge in [-0.3, -0.25) is 14.5 Å². The van der Waals surface area contributed by atoms with Gasteiger partial charge in [0.1, 0.15) is 0 Å². The van der Waals surface area contributed by atoms with Crippen LogP contribution in [0.2, 0.25) is 0 Å². The first-order chi connectivity index (χ1) is 14.4. The highest BCUT2D eigenvalue weighted by Gasteiger charge is 2.51. The maximum absolute atomic E-state index is 13.3. The predicted octanol–water partition coefficient (Wildman–Crippen LogP) is 3.58. The van der Waals surface area contributed by atoms with Crippen molar-refractivity contribution in [1.29, 1.82) is 0 Å². The third-order valence-electron chi connectivity index (χ3n) is 6.48. The molecule has 30 heavy (non-hydrogen) atoms. The van der Waals surface area contributed by atoms with E-state index in [4.69, 9.17) is 0 Å². The van der Waals surface area contributed by atoms with Crippen LogP contribution >= 0.6 is 0 Å². The van der Waals surface area contributed by atoms with Gasteiger partial charge < -0.3 is 10.2 Å². The quantitative estimate of drug-likeness (QED) is 0.827. The minimum atomic E-state index is -0.508. The van der Waals surface area contributed by atoms with Crippen LogP contribution in [0.3, 0.4) is 0 Å². The molecule has 2 aliphatic heterocycles. The first-order valence-electron chi connectivity index (χ1n) is 10.9. The minimum Gasteiger partial charge on any atom is -0.352 e. The fourth-order valence-electron chi connectivity index (χ4n) is 4.72. The summed E-state index contributed by atoms with van der Waals surface area (Å²) in [5.74, 6) is 0.498. The van der Waals surface area contributed by atoms with Crippen LogP contribution in [0.15, 0.2) is 48.5 Å². The van der Waals surface area contributed by atoms with Crippen LogP contribution in [-0.4, -0.2) is 43.4 Å². The van der Waals surface area contributed by atoms with E-state index in [-0.39, 0.29) is 11.8 Å². The Balaban J connectivity index is 1.54. The molecule has 1 N–H and O–H groups in total. The van der Waals surface area contributed by atoms with E-state index in [9.17, 15) is 9.59 Å². The van der Waals surface area contributed by atoms with Gasteiger partial charge in [-0.15, -0.1) is 0 Å². The normalized spacial score (nSPS) is 18.1. The Labute approximate surface area is 179 Å². The molecule has 2 amide bonds. The number of carbonyl (C=O) groups excluding carboxylic acids is 2. The van der Waals surface area contributed by atoms with Crippen LogP contribution in [0.1, 0.15) is 48.2 Å². The largest absolute Gasteiger partial charge is 0.352 e. The number of hydrogen-bond acceptors (Lipinski definition) is 3. The Morgan fingerprint density at radius 1 is 1.10 bits per heavy atom. The topological polar surface area (TPSA) is 52.7 Å². The molecule has 2 aromatic rings. The van der Waals surface area contributed by atoms with Crippen LogP contribution in [0.5, 0.6) is 0 Å². The Bertz CT molecular complexity index is 931. The zero-order valence-corrected chi connectivity index (χ0v) is 18.1. The maximum atomic E-state index is 13.3. The molecule has 0 radical (unpaired) electrons. The van der Waals surface area contributed by atoms with Gasteiger partial charge in [0.05, 0.1) is 5.41 Å². The Hall–Kier alpha value is -2.66. The third-order valence-corrected chi connectivity index (χ3v) is 6.48. The van der Waals surface area contributed by atoms with Crippen molar-refractivity contribution in [3.05, 3.63) is 65.2 Å². The predicted molar refractivity (Wildman–Crippen MR) is 120 cm³/mol. The number of benzene rings is 2. The third kappa shape index (κ3) is 3.74. The number of likely N-dealkylation sites (tertiary alicyclic amines) is 1. The molecule has 2 aliphatic rings. The lowest BCUT2D eigenvalue weighted by atomic mass is 9.73. The van der Waals surface area contributed by atoms with Gasteiger partial charge in [-0.25, -0.2) is 0 Å². The van der Waals surface area contributed by atoms with E-state index >= 15 is 0 Å². The number of likely N-dealkylation sites (N-methyl/N-ethyl adjacent to an activating group) is 1. The van der Waals surface area contributed by atoms with Crippen LogP contribution < -0.4 is 10.2 Å². The van der Waals surface area contributed by atoms with Gasteiger partial charge in [0.2, 0.25) is 5.91 Å². The van der Waals surface area contributed by atoms with Crippen molar-refractivity contribution in [3.63, 3.8) is 0 Å². The molecule has 1 spiro atoms. The van der Waals surface area contributed by atoms with E-state index in [1.807, 2.05) is 31.3 Å². The number of nitrogens with one attached hydrogen (secondary N) is 1. The van der Waals surface area contributed by atoms with Gasteiger partial charge in [-0.2, -0.15) is 0 Å². The fraction of sp³-hybridized carbons (Fsp3) is 0.440. The number of fused-ring (bicyclic) bond motifs is 2. The second-order valence-electron chi connectivity index (χ2n) is 9.04. The average molecular weight is 406 g/mol. The number of hydrogen-bond donors (Lipinski definition) is 1. The molecule has 0 bridgehead atoms. The first-order valence-corrected chi connectivity index (χ1v) is 10.9. The second kappa shape index (κ2) is 8.23. The van der Waals surface area contributed by atoms with Crippen molar-refractivity contribution < 1.29 is 9.59 Å². The SMILES string of the molecule is CC(C)CNC(=O)c1ccc2c(c1)C1(CCN(Cc3ccccc3)CC1)C(=O)N2C.